The average Bonchev–Trinajstić information content (AvgIpc) is 3.17. The highest BCUT2D eigenvalue weighted by atomic mass is 16.6. The van der Waals surface area contributed by atoms with E-state index >= 15 is 0 Å². The number of fused-ring (bicyclic) bond motifs is 3. The fourth-order valence-electron chi connectivity index (χ4n) is 5.14. The van der Waals surface area contributed by atoms with Gasteiger partial charge >= 0.3 is 6.03 Å². The minimum Gasteiger partial charge on any atom is -0.487 e. The van der Waals surface area contributed by atoms with Crippen LogP contribution in [0, 0.1) is 0 Å². The molecule has 1 aromatic carbocycles. The van der Waals surface area contributed by atoms with Crippen LogP contribution in [-0.2, 0) is 14.3 Å². The van der Waals surface area contributed by atoms with E-state index in [1.807, 2.05) is 18.2 Å². The van der Waals surface area contributed by atoms with Crippen LogP contribution in [-0.4, -0.2) is 68.3 Å². The lowest BCUT2D eigenvalue weighted by atomic mass is 9.84. The molecule has 0 radical (unpaired) electrons. The van der Waals surface area contributed by atoms with Crippen molar-refractivity contribution in [1.82, 2.24) is 10.6 Å². The molecule has 1 saturated carbocycles. The highest BCUT2D eigenvalue weighted by molar-refractivity contribution is 5.89. The number of carbonyl (C=O) groups excluding carboxylic acids is 2. The SMILES string of the molecule is COCCNC(=O)C[C@H]1C[C@@H]2c3cc(NC(=O)NC4CCCCC4)ccc3O[C@@H]2[C@H](CO)O1. The number of aliphatic hydroxyl groups is 1. The van der Waals surface area contributed by atoms with Crippen LogP contribution in [0.25, 0.3) is 0 Å². The molecule has 0 spiro atoms. The molecule has 0 unspecified atom stereocenters. The van der Waals surface area contributed by atoms with E-state index < -0.39 is 6.10 Å². The minimum absolute atomic E-state index is 0.0224. The summed E-state index contributed by atoms with van der Waals surface area (Å²) in [5.74, 6) is 0.599. The van der Waals surface area contributed by atoms with Crippen LogP contribution in [0.2, 0.25) is 0 Å². The number of anilines is 1. The van der Waals surface area contributed by atoms with Gasteiger partial charge in [-0.2, -0.15) is 0 Å². The van der Waals surface area contributed by atoms with Crippen molar-refractivity contribution >= 4 is 17.6 Å². The standard InChI is InChI=1S/C24H35N3O6/c1-31-10-9-25-22(29)13-17-12-19-18-11-16(27-24(30)26-15-5-3-2-4-6-15)7-8-20(18)33-23(19)21(14-28)32-17/h7-8,11,15,17,19,21,23,28H,2-6,9-10,12-14H2,1H3,(H,25,29)(H2,26,27,30)/t17-,19-,21+,23+/m1/s1. The number of benzene rings is 1. The molecule has 3 amide bonds. The molecule has 3 aliphatic rings. The lowest BCUT2D eigenvalue weighted by Crippen LogP contribution is -2.47. The summed E-state index contributed by atoms with van der Waals surface area (Å²) < 4.78 is 17.1. The number of hydrogen-bond acceptors (Lipinski definition) is 6. The van der Waals surface area contributed by atoms with Crippen molar-refractivity contribution in [2.45, 2.75) is 75.2 Å². The Hall–Kier alpha value is -2.36. The van der Waals surface area contributed by atoms with Crippen LogP contribution < -0.4 is 20.7 Å². The van der Waals surface area contributed by atoms with Gasteiger partial charge in [0.15, 0.2) is 0 Å². The largest absolute Gasteiger partial charge is 0.487 e. The number of ether oxygens (including phenoxy) is 3. The molecule has 4 rings (SSSR count). The van der Waals surface area contributed by atoms with Crippen LogP contribution >= 0.6 is 0 Å². The first-order valence-corrected chi connectivity index (χ1v) is 12.0. The maximum atomic E-state index is 12.5. The Morgan fingerprint density at radius 2 is 2.03 bits per heavy atom. The van der Waals surface area contributed by atoms with E-state index in [0.29, 0.717) is 25.3 Å². The van der Waals surface area contributed by atoms with Crippen LogP contribution in [0.3, 0.4) is 0 Å². The summed E-state index contributed by atoms with van der Waals surface area (Å²) in [5.41, 5.74) is 1.68. The van der Waals surface area contributed by atoms with Crippen molar-refractivity contribution in [1.29, 1.82) is 0 Å². The van der Waals surface area contributed by atoms with Gasteiger partial charge in [-0.05, 0) is 37.5 Å². The summed E-state index contributed by atoms with van der Waals surface area (Å²) in [7, 11) is 1.59. The molecule has 2 aliphatic heterocycles. The molecular weight excluding hydrogens is 426 g/mol. The third-order valence-corrected chi connectivity index (χ3v) is 6.74. The van der Waals surface area contributed by atoms with Crippen molar-refractivity contribution in [3.63, 3.8) is 0 Å². The summed E-state index contributed by atoms with van der Waals surface area (Å²) in [6.07, 6.45) is 5.25. The van der Waals surface area contributed by atoms with Crippen molar-refractivity contribution in [3.8, 4) is 5.75 Å². The van der Waals surface area contributed by atoms with E-state index in [1.54, 1.807) is 7.11 Å². The maximum absolute atomic E-state index is 12.5. The molecule has 1 aliphatic carbocycles. The van der Waals surface area contributed by atoms with Gasteiger partial charge in [-0.25, -0.2) is 4.79 Å². The molecule has 0 aromatic heterocycles. The molecule has 4 N–H and O–H groups in total. The molecule has 4 atom stereocenters. The predicted molar refractivity (Wildman–Crippen MR) is 122 cm³/mol. The molecule has 9 nitrogen and oxygen atoms in total. The third kappa shape index (κ3) is 5.96. The van der Waals surface area contributed by atoms with Gasteiger partial charge in [0.25, 0.3) is 0 Å². The summed E-state index contributed by atoms with van der Waals surface area (Å²) in [4.78, 5) is 24.7. The zero-order valence-electron chi connectivity index (χ0n) is 19.2. The van der Waals surface area contributed by atoms with E-state index in [4.69, 9.17) is 14.2 Å². The normalized spacial score (nSPS) is 26.6. The van der Waals surface area contributed by atoms with E-state index in [-0.39, 0.29) is 49.1 Å². The minimum atomic E-state index is -0.515. The zero-order chi connectivity index (χ0) is 23.2. The molecule has 2 fully saturated rings. The van der Waals surface area contributed by atoms with Gasteiger partial charge in [0.2, 0.25) is 5.91 Å². The molecular formula is C24H35N3O6. The van der Waals surface area contributed by atoms with Gasteiger partial charge in [0.1, 0.15) is 18.0 Å². The number of urea groups is 1. The third-order valence-electron chi connectivity index (χ3n) is 6.74. The van der Waals surface area contributed by atoms with E-state index in [0.717, 1.165) is 37.0 Å². The van der Waals surface area contributed by atoms with Crippen molar-refractivity contribution < 1.29 is 28.9 Å². The molecule has 182 valence electrons. The quantitative estimate of drug-likeness (QED) is 0.441. The fourth-order valence-corrected chi connectivity index (χ4v) is 5.14. The number of rotatable bonds is 8. The van der Waals surface area contributed by atoms with Gasteiger partial charge in [-0.3, -0.25) is 4.79 Å². The molecule has 0 bridgehead atoms. The summed E-state index contributed by atoms with van der Waals surface area (Å²) in [5, 5.41) is 18.7. The molecule has 1 aromatic rings. The first-order chi connectivity index (χ1) is 16.1. The number of amides is 3. The van der Waals surface area contributed by atoms with Gasteiger partial charge in [0.05, 0.1) is 25.7 Å². The molecule has 9 heteroatoms. The van der Waals surface area contributed by atoms with Crippen molar-refractivity contribution in [2.24, 2.45) is 0 Å². The summed E-state index contributed by atoms with van der Waals surface area (Å²) >= 11 is 0. The predicted octanol–water partition coefficient (Wildman–Crippen LogP) is 2.29. The monoisotopic (exact) mass is 461 g/mol. The maximum Gasteiger partial charge on any atom is 0.319 e. The second kappa shape index (κ2) is 11.2. The van der Waals surface area contributed by atoms with Crippen LogP contribution in [0.1, 0.15) is 56.4 Å². The van der Waals surface area contributed by atoms with Crippen LogP contribution in [0.5, 0.6) is 5.75 Å². The smallest absolute Gasteiger partial charge is 0.319 e. The molecule has 33 heavy (non-hydrogen) atoms. The van der Waals surface area contributed by atoms with Gasteiger partial charge in [-0.15, -0.1) is 0 Å². The van der Waals surface area contributed by atoms with Gasteiger partial charge in [-0.1, -0.05) is 19.3 Å². The number of nitrogens with one attached hydrogen (secondary N) is 3. The number of aliphatic hydroxyl groups excluding tert-OH is 1. The number of hydrogen-bond donors (Lipinski definition) is 4. The Labute approximate surface area is 194 Å². The Kier molecular flexibility index (Phi) is 8.06. The Morgan fingerprint density at radius 1 is 1.21 bits per heavy atom. The molecule has 2 heterocycles. The number of methoxy groups -OCH3 is 1. The Balaban J connectivity index is 1.40. The van der Waals surface area contributed by atoms with Crippen LogP contribution in [0.15, 0.2) is 18.2 Å². The lowest BCUT2D eigenvalue weighted by Gasteiger charge is -2.37. The summed E-state index contributed by atoms with van der Waals surface area (Å²) in [6.45, 7) is 0.708. The Bertz CT molecular complexity index is 828. The summed E-state index contributed by atoms with van der Waals surface area (Å²) in [6, 6.07) is 5.66. The Morgan fingerprint density at radius 3 is 2.79 bits per heavy atom. The van der Waals surface area contributed by atoms with Crippen molar-refractivity contribution in [3.05, 3.63) is 23.8 Å². The first kappa shape index (κ1) is 23.8. The van der Waals surface area contributed by atoms with E-state index in [2.05, 4.69) is 16.0 Å². The van der Waals surface area contributed by atoms with Gasteiger partial charge in [0, 0.05) is 36.9 Å². The van der Waals surface area contributed by atoms with Crippen molar-refractivity contribution in [2.75, 3.05) is 32.2 Å². The van der Waals surface area contributed by atoms with E-state index in [9.17, 15) is 14.7 Å². The fraction of sp³-hybridized carbons (Fsp3) is 0.667. The average molecular weight is 462 g/mol. The zero-order valence-corrected chi connectivity index (χ0v) is 19.2. The topological polar surface area (TPSA) is 118 Å². The highest BCUT2D eigenvalue weighted by Gasteiger charge is 2.46. The van der Waals surface area contributed by atoms with Crippen LogP contribution in [0.4, 0.5) is 10.5 Å². The second-order valence-corrected chi connectivity index (χ2v) is 9.14. The number of carbonyl (C=O) groups is 2. The molecule has 1 saturated heterocycles. The lowest BCUT2D eigenvalue weighted by molar-refractivity contribution is -0.142. The highest BCUT2D eigenvalue weighted by Crippen LogP contribution is 2.47. The van der Waals surface area contributed by atoms with E-state index in [1.165, 1.54) is 6.42 Å². The first-order valence-electron chi connectivity index (χ1n) is 12.0. The second-order valence-electron chi connectivity index (χ2n) is 9.14. The van der Waals surface area contributed by atoms with Gasteiger partial charge < -0.3 is 35.3 Å².